The fourth-order valence-electron chi connectivity index (χ4n) is 3.12. The highest BCUT2D eigenvalue weighted by atomic mass is 16.4. The first kappa shape index (κ1) is 15.4. The monoisotopic (exact) mass is 256 g/mol. The van der Waals surface area contributed by atoms with Crippen LogP contribution in [0.5, 0.6) is 0 Å². The smallest absolute Gasteiger partial charge is 0.324 e. The van der Waals surface area contributed by atoms with Gasteiger partial charge in [-0.25, -0.2) is 0 Å². The van der Waals surface area contributed by atoms with E-state index >= 15 is 0 Å². The predicted molar refractivity (Wildman–Crippen MR) is 73.8 cm³/mol. The second kappa shape index (κ2) is 6.53. The Morgan fingerprint density at radius 2 is 1.78 bits per heavy atom. The van der Waals surface area contributed by atoms with Gasteiger partial charge in [0, 0.05) is 19.6 Å². The van der Waals surface area contributed by atoms with Crippen molar-refractivity contribution in [3.05, 3.63) is 0 Å². The van der Waals surface area contributed by atoms with Crippen LogP contribution in [0, 0.1) is 5.92 Å². The van der Waals surface area contributed by atoms with Gasteiger partial charge in [-0.05, 0) is 31.8 Å². The number of aliphatic carboxylic acids is 1. The molecule has 0 aliphatic carbocycles. The molecule has 0 amide bonds. The molecule has 0 bridgehead atoms. The summed E-state index contributed by atoms with van der Waals surface area (Å²) in [5.41, 5.74) is -0.628. The van der Waals surface area contributed by atoms with Crippen LogP contribution >= 0.6 is 0 Å². The van der Waals surface area contributed by atoms with Crippen molar-refractivity contribution in [2.24, 2.45) is 5.92 Å². The lowest BCUT2D eigenvalue weighted by atomic mass is 9.85. The lowest BCUT2D eigenvalue weighted by molar-refractivity contribution is -0.155. The Morgan fingerprint density at radius 1 is 1.28 bits per heavy atom. The van der Waals surface area contributed by atoms with E-state index in [4.69, 9.17) is 0 Å². The van der Waals surface area contributed by atoms with Gasteiger partial charge in [-0.2, -0.15) is 0 Å². The molecule has 4 heteroatoms. The minimum absolute atomic E-state index is 0.628. The van der Waals surface area contributed by atoms with Crippen molar-refractivity contribution in [1.82, 2.24) is 9.80 Å². The van der Waals surface area contributed by atoms with Gasteiger partial charge in [0.1, 0.15) is 5.54 Å². The topological polar surface area (TPSA) is 43.8 Å². The van der Waals surface area contributed by atoms with Crippen molar-refractivity contribution < 1.29 is 9.90 Å². The Labute approximate surface area is 111 Å². The van der Waals surface area contributed by atoms with Gasteiger partial charge < -0.3 is 10.0 Å². The molecular weight excluding hydrogens is 228 g/mol. The molecule has 106 valence electrons. The van der Waals surface area contributed by atoms with Gasteiger partial charge in [0.25, 0.3) is 0 Å². The summed E-state index contributed by atoms with van der Waals surface area (Å²) < 4.78 is 0. The van der Waals surface area contributed by atoms with Crippen molar-refractivity contribution in [2.75, 3.05) is 32.7 Å². The number of nitrogens with zero attached hydrogens (tertiary/aromatic N) is 2. The van der Waals surface area contributed by atoms with Crippen LogP contribution in [0.15, 0.2) is 0 Å². The van der Waals surface area contributed by atoms with Gasteiger partial charge in [0.2, 0.25) is 0 Å². The van der Waals surface area contributed by atoms with Crippen LogP contribution in [0.4, 0.5) is 0 Å². The summed E-state index contributed by atoms with van der Waals surface area (Å²) in [5, 5.41) is 9.63. The number of likely N-dealkylation sites (N-methyl/N-ethyl adjacent to an activating group) is 1. The van der Waals surface area contributed by atoms with Crippen molar-refractivity contribution in [1.29, 1.82) is 0 Å². The van der Waals surface area contributed by atoms with Crippen molar-refractivity contribution in [2.45, 2.75) is 46.1 Å². The van der Waals surface area contributed by atoms with Crippen LogP contribution in [0.1, 0.15) is 40.5 Å². The molecule has 1 aliphatic heterocycles. The van der Waals surface area contributed by atoms with E-state index in [0.717, 1.165) is 45.6 Å². The highest BCUT2D eigenvalue weighted by Gasteiger charge is 2.45. The summed E-state index contributed by atoms with van der Waals surface area (Å²) in [6.07, 6.45) is 1.49. The molecule has 1 N–H and O–H groups in total. The lowest BCUT2D eigenvalue weighted by Gasteiger charge is -2.45. The predicted octanol–water partition coefficient (Wildman–Crippen LogP) is 1.90. The number of hydrogen-bond acceptors (Lipinski definition) is 3. The van der Waals surface area contributed by atoms with Crippen molar-refractivity contribution >= 4 is 5.97 Å². The number of piperidine rings is 1. The van der Waals surface area contributed by atoms with E-state index in [-0.39, 0.29) is 0 Å². The van der Waals surface area contributed by atoms with Gasteiger partial charge >= 0.3 is 5.97 Å². The average Bonchev–Trinajstić information content (AvgIpc) is 2.32. The molecule has 1 saturated heterocycles. The summed E-state index contributed by atoms with van der Waals surface area (Å²) in [6, 6.07) is 0. The minimum Gasteiger partial charge on any atom is -0.480 e. The highest BCUT2D eigenvalue weighted by molar-refractivity contribution is 5.79. The van der Waals surface area contributed by atoms with E-state index in [0.29, 0.717) is 5.92 Å². The third kappa shape index (κ3) is 3.23. The highest BCUT2D eigenvalue weighted by Crippen LogP contribution is 2.29. The summed E-state index contributed by atoms with van der Waals surface area (Å²) in [7, 11) is 0. The van der Waals surface area contributed by atoms with E-state index in [2.05, 4.69) is 37.5 Å². The number of carbonyl (C=O) groups is 1. The van der Waals surface area contributed by atoms with E-state index < -0.39 is 11.5 Å². The summed E-state index contributed by atoms with van der Waals surface area (Å²) >= 11 is 0. The molecule has 0 atom stereocenters. The zero-order valence-electron chi connectivity index (χ0n) is 12.3. The fraction of sp³-hybridized carbons (Fsp3) is 0.929. The summed E-state index contributed by atoms with van der Waals surface area (Å²) in [4.78, 5) is 16.2. The van der Waals surface area contributed by atoms with Gasteiger partial charge in [0.05, 0.1) is 0 Å². The standard InChI is InChI=1S/C14H28N2O2/c1-5-16(6-2)14(13(17)18)7-9-15(10-8-14)11-12(3)4/h12H,5-11H2,1-4H3,(H,17,18). The second-order valence-corrected chi connectivity index (χ2v) is 5.70. The number of hydrogen-bond donors (Lipinski definition) is 1. The molecule has 4 nitrogen and oxygen atoms in total. The van der Waals surface area contributed by atoms with E-state index in [1.165, 1.54) is 0 Å². The quantitative estimate of drug-likeness (QED) is 0.788. The van der Waals surface area contributed by atoms with Crippen LogP contribution in [-0.2, 0) is 4.79 Å². The minimum atomic E-state index is -0.643. The van der Waals surface area contributed by atoms with E-state index in [1.54, 1.807) is 0 Å². The molecule has 1 rings (SSSR count). The van der Waals surface area contributed by atoms with Gasteiger partial charge in [-0.1, -0.05) is 27.7 Å². The SMILES string of the molecule is CCN(CC)C1(C(=O)O)CCN(CC(C)C)CC1. The normalized spacial score (nSPS) is 20.6. The summed E-state index contributed by atoms with van der Waals surface area (Å²) in [5.74, 6) is 0.00572. The van der Waals surface area contributed by atoms with Gasteiger partial charge in [-0.3, -0.25) is 9.69 Å². The van der Waals surface area contributed by atoms with E-state index in [9.17, 15) is 9.90 Å². The molecule has 0 unspecified atom stereocenters. The Balaban J connectivity index is 2.71. The van der Waals surface area contributed by atoms with Crippen LogP contribution in [-0.4, -0.2) is 59.1 Å². The third-order valence-electron chi connectivity index (χ3n) is 4.07. The second-order valence-electron chi connectivity index (χ2n) is 5.70. The Bertz CT molecular complexity index is 267. The molecular formula is C14H28N2O2. The van der Waals surface area contributed by atoms with Crippen LogP contribution in [0.2, 0.25) is 0 Å². The average molecular weight is 256 g/mol. The molecule has 0 aromatic heterocycles. The number of likely N-dealkylation sites (tertiary alicyclic amines) is 1. The first-order chi connectivity index (χ1) is 8.46. The number of rotatable bonds is 6. The zero-order valence-corrected chi connectivity index (χ0v) is 12.3. The number of carboxylic acid groups (broad SMARTS) is 1. The molecule has 18 heavy (non-hydrogen) atoms. The Hall–Kier alpha value is -0.610. The molecule has 1 aliphatic rings. The van der Waals surface area contributed by atoms with Crippen LogP contribution in [0.25, 0.3) is 0 Å². The summed E-state index contributed by atoms with van der Waals surface area (Å²) in [6.45, 7) is 13.0. The molecule has 0 aromatic carbocycles. The molecule has 0 saturated carbocycles. The Kier molecular flexibility index (Phi) is 5.60. The molecule has 0 aromatic rings. The lowest BCUT2D eigenvalue weighted by Crippen LogP contribution is -2.60. The first-order valence-electron chi connectivity index (χ1n) is 7.17. The fourth-order valence-corrected chi connectivity index (χ4v) is 3.12. The Morgan fingerprint density at radius 3 is 2.11 bits per heavy atom. The number of carboxylic acids is 1. The largest absolute Gasteiger partial charge is 0.480 e. The van der Waals surface area contributed by atoms with Gasteiger partial charge in [-0.15, -0.1) is 0 Å². The molecule has 0 spiro atoms. The van der Waals surface area contributed by atoms with Gasteiger partial charge in [0.15, 0.2) is 0 Å². The third-order valence-corrected chi connectivity index (χ3v) is 4.07. The van der Waals surface area contributed by atoms with Crippen molar-refractivity contribution in [3.63, 3.8) is 0 Å². The van der Waals surface area contributed by atoms with Crippen LogP contribution in [0.3, 0.4) is 0 Å². The van der Waals surface area contributed by atoms with Crippen LogP contribution < -0.4 is 0 Å². The molecule has 1 heterocycles. The first-order valence-corrected chi connectivity index (χ1v) is 7.17. The zero-order chi connectivity index (χ0) is 13.8. The molecule has 0 radical (unpaired) electrons. The maximum Gasteiger partial charge on any atom is 0.324 e. The van der Waals surface area contributed by atoms with E-state index in [1.807, 2.05) is 0 Å². The maximum absolute atomic E-state index is 11.7. The molecule has 1 fully saturated rings. The van der Waals surface area contributed by atoms with Crippen molar-refractivity contribution in [3.8, 4) is 0 Å². The maximum atomic E-state index is 11.7.